The van der Waals surface area contributed by atoms with Gasteiger partial charge in [-0.1, -0.05) is 0 Å². The molecular formula is C8H16N2O. The SMILES string of the molecule is CC1C(=O)N(C)C(C)(C)N1C. The number of carbonyl (C=O) groups is 1. The van der Waals surface area contributed by atoms with Crippen molar-refractivity contribution in [3.8, 4) is 0 Å². The summed E-state index contributed by atoms with van der Waals surface area (Å²) in [6.07, 6.45) is 0. The van der Waals surface area contributed by atoms with Crippen molar-refractivity contribution in [1.29, 1.82) is 0 Å². The summed E-state index contributed by atoms with van der Waals surface area (Å²) in [5.74, 6) is 0.206. The summed E-state index contributed by atoms with van der Waals surface area (Å²) in [4.78, 5) is 15.3. The Hall–Kier alpha value is -0.570. The zero-order valence-electron chi connectivity index (χ0n) is 7.88. The van der Waals surface area contributed by atoms with E-state index < -0.39 is 0 Å². The summed E-state index contributed by atoms with van der Waals surface area (Å²) in [5.41, 5.74) is -0.128. The number of nitrogens with zero attached hydrogens (tertiary/aromatic N) is 2. The molecule has 0 bridgehead atoms. The maximum atomic E-state index is 11.4. The third-order valence-corrected chi connectivity index (χ3v) is 2.95. The highest BCUT2D eigenvalue weighted by molar-refractivity contribution is 5.84. The van der Waals surface area contributed by atoms with Gasteiger partial charge in [-0.15, -0.1) is 0 Å². The minimum absolute atomic E-state index is 0.0231. The molecule has 3 heteroatoms. The van der Waals surface area contributed by atoms with E-state index in [0.29, 0.717) is 0 Å². The maximum absolute atomic E-state index is 11.4. The van der Waals surface area contributed by atoms with E-state index in [1.165, 1.54) is 0 Å². The van der Waals surface area contributed by atoms with Crippen LogP contribution in [0.3, 0.4) is 0 Å². The van der Waals surface area contributed by atoms with Crippen molar-refractivity contribution in [1.82, 2.24) is 9.80 Å². The third-order valence-electron chi connectivity index (χ3n) is 2.95. The molecule has 64 valence electrons. The highest BCUT2D eigenvalue weighted by atomic mass is 16.2. The molecular weight excluding hydrogens is 140 g/mol. The van der Waals surface area contributed by atoms with Gasteiger partial charge in [0.25, 0.3) is 0 Å². The van der Waals surface area contributed by atoms with Gasteiger partial charge in [-0.2, -0.15) is 0 Å². The van der Waals surface area contributed by atoms with Crippen molar-refractivity contribution in [3.63, 3.8) is 0 Å². The summed E-state index contributed by atoms with van der Waals surface area (Å²) in [5, 5.41) is 0. The number of likely N-dealkylation sites (N-methyl/N-ethyl adjacent to an activating group) is 2. The molecule has 11 heavy (non-hydrogen) atoms. The van der Waals surface area contributed by atoms with Crippen molar-refractivity contribution in [2.24, 2.45) is 0 Å². The molecule has 0 saturated carbocycles. The van der Waals surface area contributed by atoms with E-state index in [2.05, 4.69) is 18.7 Å². The number of carbonyl (C=O) groups excluding carboxylic acids is 1. The second-order valence-electron chi connectivity index (χ2n) is 3.68. The van der Waals surface area contributed by atoms with Crippen molar-refractivity contribution in [2.75, 3.05) is 14.1 Å². The summed E-state index contributed by atoms with van der Waals surface area (Å²) < 4.78 is 0. The standard InChI is InChI=1S/C8H16N2O/c1-6-7(11)10(5)8(2,3)9(6)4/h6H,1-5H3. The first-order chi connectivity index (χ1) is 4.89. The number of hydrogen-bond donors (Lipinski definition) is 0. The zero-order chi connectivity index (χ0) is 8.81. The fraction of sp³-hybridized carbons (Fsp3) is 0.875. The van der Waals surface area contributed by atoms with E-state index in [1.807, 2.05) is 21.0 Å². The van der Waals surface area contributed by atoms with Crippen molar-refractivity contribution in [3.05, 3.63) is 0 Å². The molecule has 1 aliphatic heterocycles. The van der Waals surface area contributed by atoms with Gasteiger partial charge in [0.05, 0.1) is 11.7 Å². The fourth-order valence-corrected chi connectivity index (χ4v) is 1.43. The number of amides is 1. The lowest BCUT2D eigenvalue weighted by Gasteiger charge is -2.33. The van der Waals surface area contributed by atoms with Gasteiger partial charge in [0.2, 0.25) is 5.91 Å². The highest BCUT2D eigenvalue weighted by Gasteiger charge is 2.44. The van der Waals surface area contributed by atoms with Crippen LogP contribution in [0.5, 0.6) is 0 Å². The Bertz CT molecular complexity index is 189. The average molecular weight is 156 g/mol. The van der Waals surface area contributed by atoms with Gasteiger partial charge in [0.15, 0.2) is 0 Å². The molecule has 1 atom stereocenters. The predicted molar refractivity (Wildman–Crippen MR) is 44.1 cm³/mol. The summed E-state index contributed by atoms with van der Waals surface area (Å²) in [6, 6.07) is 0.0231. The molecule has 0 spiro atoms. The van der Waals surface area contributed by atoms with Gasteiger partial charge in [-0.3, -0.25) is 9.69 Å². The smallest absolute Gasteiger partial charge is 0.240 e. The van der Waals surface area contributed by atoms with Crippen LogP contribution in [0.4, 0.5) is 0 Å². The van der Waals surface area contributed by atoms with Gasteiger partial charge in [0.1, 0.15) is 0 Å². The normalized spacial score (nSPS) is 31.5. The Balaban J connectivity index is 2.96. The second kappa shape index (κ2) is 2.21. The first-order valence-electron chi connectivity index (χ1n) is 3.89. The Morgan fingerprint density at radius 3 is 1.91 bits per heavy atom. The molecule has 0 aromatic carbocycles. The summed E-state index contributed by atoms with van der Waals surface area (Å²) in [7, 11) is 3.83. The van der Waals surface area contributed by atoms with Crippen LogP contribution in [0.15, 0.2) is 0 Å². The van der Waals surface area contributed by atoms with Gasteiger partial charge >= 0.3 is 0 Å². The molecule has 0 aromatic rings. The molecule has 0 aliphatic carbocycles. The topological polar surface area (TPSA) is 23.6 Å². The van der Waals surface area contributed by atoms with E-state index in [1.54, 1.807) is 4.90 Å². The summed E-state index contributed by atoms with van der Waals surface area (Å²) >= 11 is 0. The molecule has 1 aliphatic rings. The number of rotatable bonds is 0. The van der Waals surface area contributed by atoms with Crippen LogP contribution in [0.1, 0.15) is 20.8 Å². The molecule has 0 N–H and O–H groups in total. The lowest BCUT2D eigenvalue weighted by molar-refractivity contribution is -0.129. The van der Waals surface area contributed by atoms with E-state index in [9.17, 15) is 4.79 Å². The average Bonchev–Trinajstić information content (AvgIpc) is 2.06. The van der Waals surface area contributed by atoms with E-state index in [0.717, 1.165) is 0 Å². The summed E-state index contributed by atoms with van der Waals surface area (Å²) in [6.45, 7) is 6.04. The molecule has 1 amide bonds. The van der Waals surface area contributed by atoms with Crippen LogP contribution >= 0.6 is 0 Å². The van der Waals surface area contributed by atoms with Gasteiger partial charge in [0, 0.05) is 7.05 Å². The quantitative estimate of drug-likeness (QED) is 0.510. The Kier molecular flexibility index (Phi) is 1.71. The number of hydrogen-bond acceptors (Lipinski definition) is 2. The lowest BCUT2D eigenvalue weighted by Crippen LogP contribution is -2.45. The monoisotopic (exact) mass is 156 g/mol. The first-order valence-corrected chi connectivity index (χ1v) is 3.89. The third kappa shape index (κ3) is 0.948. The van der Waals surface area contributed by atoms with Gasteiger partial charge in [-0.05, 0) is 27.8 Å². The minimum atomic E-state index is -0.128. The Morgan fingerprint density at radius 2 is 1.82 bits per heavy atom. The van der Waals surface area contributed by atoms with Crippen LogP contribution in [0.2, 0.25) is 0 Å². The van der Waals surface area contributed by atoms with Crippen LogP contribution in [-0.2, 0) is 4.79 Å². The molecule has 1 rings (SSSR count). The fourth-order valence-electron chi connectivity index (χ4n) is 1.43. The molecule has 1 saturated heterocycles. The molecule has 0 aromatic heterocycles. The van der Waals surface area contributed by atoms with E-state index in [4.69, 9.17) is 0 Å². The Labute approximate surface area is 68.0 Å². The minimum Gasteiger partial charge on any atom is -0.326 e. The molecule has 0 radical (unpaired) electrons. The second-order valence-corrected chi connectivity index (χ2v) is 3.68. The first kappa shape index (κ1) is 8.53. The molecule has 1 heterocycles. The maximum Gasteiger partial charge on any atom is 0.240 e. The van der Waals surface area contributed by atoms with Crippen molar-refractivity contribution >= 4 is 5.91 Å². The van der Waals surface area contributed by atoms with Crippen LogP contribution in [0, 0.1) is 0 Å². The molecule has 3 nitrogen and oxygen atoms in total. The largest absolute Gasteiger partial charge is 0.326 e. The highest BCUT2D eigenvalue weighted by Crippen LogP contribution is 2.27. The van der Waals surface area contributed by atoms with Crippen LogP contribution in [-0.4, -0.2) is 41.5 Å². The Morgan fingerprint density at radius 1 is 1.36 bits per heavy atom. The van der Waals surface area contributed by atoms with Gasteiger partial charge < -0.3 is 4.90 Å². The van der Waals surface area contributed by atoms with Crippen LogP contribution in [0.25, 0.3) is 0 Å². The zero-order valence-corrected chi connectivity index (χ0v) is 7.88. The van der Waals surface area contributed by atoms with Gasteiger partial charge in [-0.25, -0.2) is 0 Å². The van der Waals surface area contributed by atoms with E-state index >= 15 is 0 Å². The molecule has 1 fully saturated rings. The molecule has 1 unspecified atom stereocenters. The van der Waals surface area contributed by atoms with Crippen molar-refractivity contribution < 1.29 is 4.79 Å². The van der Waals surface area contributed by atoms with E-state index in [-0.39, 0.29) is 17.6 Å². The predicted octanol–water partition coefficient (Wildman–Crippen LogP) is 0.515. The van der Waals surface area contributed by atoms with Crippen LogP contribution < -0.4 is 0 Å². The van der Waals surface area contributed by atoms with Crippen molar-refractivity contribution in [2.45, 2.75) is 32.5 Å². The lowest BCUT2D eigenvalue weighted by atomic mass is 10.2.